The maximum Gasteiger partial charge on any atom is 0.281 e. The van der Waals surface area contributed by atoms with Crippen LogP contribution in [0.3, 0.4) is 0 Å². The highest BCUT2D eigenvalue weighted by Crippen LogP contribution is 2.35. The lowest BCUT2D eigenvalue weighted by atomic mass is 10.2. The van der Waals surface area contributed by atoms with Crippen molar-refractivity contribution in [2.24, 2.45) is 0 Å². The summed E-state index contributed by atoms with van der Waals surface area (Å²) in [5.41, 5.74) is 5.76. The number of benzene rings is 1. The summed E-state index contributed by atoms with van der Waals surface area (Å²) < 4.78 is 11.5. The number of thiophene rings is 1. The summed E-state index contributed by atoms with van der Waals surface area (Å²) in [6.07, 6.45) is 0. The Morgan fingerprint density at radius 3 is 2.54 bits per heavy atom. The molecule has 1 aromatic carbocycles. The van der Waals surface area contributed by atoms with E-state index in [0.29, 0.717) is 50.2 Å². The van der Waals surface area contributed by atoms with Gasteiger partial charge in [-0.15, -0.1) is 22.7 Å². The number of carbonyl (C=O) groups excluding carboxylic acids is 2. The van der Waals surface area contributed by atoms with E-state index in [4.69, 9.17) is 21.1 Å². The predicted octanol–water partition coefficient (Wildman–Crippen LogP) is 3.68. The molecule has 0 radical (unpaired) electrons. The van der Waals surface area contributed by atoms with Gasteiger partial charge in [0.15, 0.2) is 11.5 Å². The summed E-state index contributed by atoms with van der Waals surface area (Å²) in [4.78, 5) is 30.5. The second-order valence-corrected chi connectivity index (χ2v) is 8.52. The molecule has 0 atom stereocenters. The van der Waals surface area contributed by atoms with Crippen molar-refractivity contribution in [3.8, 4) is 21.4 Å². The number of hydrogen-bond acceptors (Lipinski definition) is 7. The van der Waals surface area contributed by atoms with Crippen LogP contribution in [0.1, 0.15) is 25.7 Å². The van der Waals surface area contributed by atoms with E-state index in [1.807, 2.05) is 6.07 Å². The Hall–Kier alpha value is -2.62. The fourth-order valence-corrected chi connectivity index (χ4v) is 4.63. The molecule has 144 valence electrons. The lowest BCUT2D eigenvalue weighted by Crippen LogP contribution is -2.41. The molecule has 0 spiro atoms. The number of nitrogens with one attached hydrogen (secondary N) is 2. The standard InChI is InChI=1S/C18H14ClN3O4S2/c1-9-15(28-18(20-9)13-4-5-14(19)27-13)17(24)22-21-16(23)10-2-3-11-12(8-10)26-7-6-25-11/h2-5,8H,6-7H2,1H3,(H,21,23)(H,22,24). The van der Waals surface area contributed by atoms with Crippen LogP contribution in [0.15, 0.2) is 30.3 Å². The smallest absolute Gasteiger partial charge is 0.281 e. The molecule has 0 bridgehead atoms. The Labute approximate surface area is 173 Å². The second-order valence-electron chi connectivity index (χ2n) is 5.80. The van der Waals surface area contributed by atoms with Crippen molar-refractivity contribution >= 4 is 46.1 Å². The third-order valence-electron chi connectivity index (χ3n) is 3.88. The first kappa shape index (κ1) is 18.7. The Morgan fingerprint density at radius 2 is 1.79 bits per heavy atom. The van der Waals surface area contributed by atoms with Gasteiger partial charge in [0, 0.05) is 5.56 Å². The normalized spacial score (nSPS) is 12.5. The molecule has 28 heavy (non-hydrogen) atoms. The highest BCUT2D eigenvalue weighted by molar-refractivity contribution is 7.24. The van der Waals surface area contributed by atoms with Gasteiger partial charge in [0.2, 0.25) is 0 Å². The molecule has 0 saturated heterocycles. The summed E-state index contributed by atoms with van der Waals surface area (Å²) in [5, 5.41) is 0.706. The first-order valence-corrected chi connectivity index (χ1v) is 10.3. The van der Waals surface area contributed by atoms with Crippen LogP contribution in [0, 0.1) is 6.92 Å². The number of aromatic nitrogens is 1. The van der Waals surface area contributed by atoms with Gasteiger partial charge in [0.25, 0.3) is 11.8 Å². The summed E-state index contributed by atoms with van der Waals surface area (Å²) in [6, 6.07) is 8.48. The van der Waals surface area contributed by atoms with Crippen molar-refractivity contribution in [2.75, 3.05) is 13.2 Å². The highest BCUT2D eigenvalue weighted by atomic mass is 35.5. The molecule has 0 aliphatic carbocycles. The van der Waals surface area contributed by atoms with Crippen molar-refractivity contribution in [3.05, 3.63) is 50.8 Å². The topological polar surface area (TPSA) is 89.6 Å². The van der Waals surface area contributed by atoms with Crippen molar-refractivity contribution < 1.29 is 19.1 Å². The second kappa shape index (κ2) is 7.78. The number of nitrogens with zero attached hydrogens (tertiary/aromatic N) is 1. The zero-order valence-electron chi connectivity index (χ0n) is 14.6. The van der Waals surface area contributed by atoms with E-state index >= 15 is 0 Å². The number of thiazole rings is 1. The van der Waals surface area contributed by atoms with Crippen molar-refractivity contribution in [1.29, 1.82) is 0 Å². The quantitative estimate of drug-likeness (QED) is 0.612. The van der Waals surface area contributed by atoms with Gasteiger partial charge < -0.3 is 9.47 Å². The lowest BCUT2D eigenvalue weighted by Gasteiger charge is -2.18. The molecular weight excluding hydrogens is 422 g/mol. The SMILES string of the molecule is Cc1nc(-c2ccc(Cl)s2)sc1C(=O)NNC(=O)c1ccc2c(c1)OCCO2. The van der Waals surface area contributed by atoms with Crippen LogP contribution in [-0.2, 0) is 0 Å². The van der Waals surface area contributed by atoms with E-state index in [-0.39, 0.29) is 0 Å². The Balaban J connectivity index is 1.43. The van der Waals surface area contributed by atoms with Crippen LogP contribution in [0.25, 0.3) is 9.88 Å². The van der Waals surface area contributed by atoms with Crippen LogP contribution in [0.4, 0.5) is 0 Å². The van der Waals surface area contributed by atoms with Crippen LogP contribution < -0.4 is 20.3 Å². The minimum Gasteiger partial charge on any atom is -0.486 e. The fraction of sp³-hybridized carbons (Fsp3) is 0.167. The van der Waals surface area contributed by atoms with E-state index < -0.39 is 11.8 Å². The molecule has 0 saturated carbocycles. The van der Waals surface area contributed by atoms with E-state index in [2.05, 4.69) is 15.8 Å². The number of hydrogen-bond donors (Lipinski definition) is 2. The number of carbonyl (C=O) groups is 2. The Bertz CT molecular complexity index is 1060. The molecule has 7 nitrogen and oxygen atoms in total. The van der Waals surface area contributed by atoms with E-state index in [1.54, 1.807) is 31.2 Å². The highest BCUT2D eigenvalue weighted by Gasteiger charge is 2.19. The van der Waals surface area contributed by atoms with Gasteiger partial charge in [-0.3, -0.25) is 20.4 Å². The summed E-state index contributed by atoms with van der Waals surface area (Å²) in [7, 11) is 0. The summed E-state index contributed by atoms with van der Waals surface area (Å²) >= 11 is 8.59. The molecular formula is C18H14ClN3O4S2. The zero-order chi connectivity index (χ0) is 19.7. The van der Waals surface area contributed by atoms with Crippen LogP contribution in [0.5, 0.6) is 11.5 Å². The van der Waals surface area contributed by atoms with Gasteiger partial charge in [0.05, 0.1) is 14.9 Å². The first-order chi connectivity index (χ1) is 13.5. The average molecular weight is 436 g/mol. The maximum absolute atomic E-state index is 12.5. The number of fused-ring (bicyclic) bond motifs is 1. The molecule has 3 heterocycles. The number of hydrazine groups is 1. The minimum absolute atomic E-state index is 0.347. The van der Waals surface area contributed by atoms with Gasteiger partial charge in [0.1, 0.15) is 23.1 Å². The zero-order valence-corrected chi connectivity index (χ0v) is 17.0. The monoisotopic (exact) mass is 435 g/mol. The van der Waals surface area contributed by atoms with Crippen LogP contribution >= 0.6 is 34.3 Å². The molecule has 2 amide bonds. The molecule has 1 aliphatic rings. The Kier molecular flexibility index (Phi) is 5.21. The third-order valence-corrected chi connectivity index (χ3v) is 6.44. The molecule has 10 heteroatoms. The van der Waals surface area contributed by atoms with Crippen LogP contribution in [-0.4, -0.2) is 30.0 Å². The van der Waals surface area contributed by atoms with Gasteiger partial charge in [-0.1, -0.05) is 11.6 Å². The number of ether oxygens (including phenoxy) is 2. The first-order valence-electron chi connectivity index (χ1n) is 8.25. The summed E-state index contributed by atoms with van der Waals surface area (Å²) in [5.74, 6) is 0.198. The molecule has 4 rings (SSSR count). The fourth-order valence-electron chi connectivity index (χ4n) is 2.57. The maximum atomic E-state index is 12.5. The average Bonchev–Trinajstić information content (AvgIpc) is 3.31. The van der Waals surface area contributed by atoms with Gasteiger partial charge in [-0.05, 0) is 37.3 Å². The van der Waals surface area contributed by atoms with Gasteiger partial charge in [-0.25, -0.2) is 4.98 Å². The van der Waals surface area contributed by atoms with E-state index in [1.165, 1.54) is 22.7 Å². The largest absolute Gasteiger partial charge is 0.486 e. The van der Waals surface area contributed by atoms with E-state index in [9.17, 15) is 9.59 Å². The molecule has 2 N–H and O–H groups in total. The molecule has 3 aromatic rings. The Morgan fingerprint density at radius 1 is 1.04 bits per heavy atom. The van der Waals surface area contributed by atoms with Crippen molar-refractivity contribution in [2.45, 2.75) is 6.92 Å². The number of halogens is 1. The van der Waals surface area contributed by atoms with Gasteiger partial charge >= 0.3 is 0 Å². The van der Waals surface area contributed by atoms with Crippen molar-refractivity contribution in [3.63, 3.8) is 0 Å². The van der Waals surface area contributed by atoms with Crippen molar-refractivity contribution in [1.82, 2.24) is 15.8 Å². The van der Waals surface area contributed by atoms with Gasteiger partial charge in [-0.2, -0.15) is 0 Å². The van der Waals surface area contributed by atoms with Crippen LogP contribution in [0.2, 0.25) is 4.34 Å². The lowest BCUT2D eigenvalue weighted by molar-refractivity contribution is 0.0848. The number of aryl methyl sites for hydroxylation is 1. The third kappa shape index (κ3) is 3.82. The number of amides is 2. The molecule has 1 aliphatic heterocycles. The molecule has 0 unspecified atom stereocenters. The summed E-state index contributed by atoms with van der Waals surface area (Å²) in [6.45, 7) is 2.65. The van der Waals surface area contributed by atoms with E-state index in [0.717, 1.165) is 4.88 Å². The number of rotatable bonds is 3. The molecule has 2 aromatic heterocycles. The predicted molar refractivity (Wildman–Crippen MR) is 108 cm³/mol. The minimum atomic E-state index is -0.460. The molecule has 0 fully saturated rings.